The Kier molecular flexibility index (Phi) is 4.85. The van der Waals surface area contributed by atoms with Gasteiger partial charge in [-0.15, -0.1) is 0 Å². The van der Waals surface area contributed by atoms with E-state index in [0.717, 1.165) is 26.2 Å². The average molecular weight is 306 g/mol. The van der Waals surface area contributed by atoms with Crippen molar-refractivity contribution in [2.24, 2.45) is 13.0 Å². The highest BCUT2D eigenvalue weighted by Crippen LogP contribution is 2.32. The van der Waals surface area contributed by atoms with Gasteiger partial charge in [-0.2, -0.15) is 5.10 Å². The SMILES string of the molecule is CC(C)N(C)[C@@H]1CN(Cc2cnn(C)c2)C[C@@H]2CCCO[C@@H]21. The van der Waals surface area contributed by atoms with Crippen molar-refractivity contribution < 1.29 is 4.74 Å². The van der Waals surface area contributed by atoms with Crippen molar-refractivity contribution in [2.45, 2.75) is 51.4 Å². The van der Waals surface area contributed by atoms with Crippen molar-refractivity contribution in [1.82, 2.24) is 19.6 Å². The summed E-state index contributed by atoms with van der Waals surface area (Å²) in [6.45, 7) is 8.73. The zero-order valence-electron chi connectivity index (χ0n) is 14.4. The summed E-state index contributed by atoms with van der Waals surface area (Å²) in [7, 11) is 4.23. The Morgan fingerprint density at radius 2 is 2.23 bits per heavy atom. The normalized spacial score (nSPS) is 30.0. The van der Waals surface area contributed by atoms with E-state index >= 15 is 0 Å². The fourth-order valence-electron chi connectivity index (χ4n) is 3.94. The predicted octanol–water partition coefficient (Wildman–Crippen LogP) is 1.74. The van der Waals surface area contributed by atoms with Gasteiger partial charge in [-0.1, -0.05) is 0 Å². The van der Waals surface area contributed by atoms with E-state index in [1.165, 1.54) is 18.4 Å². The van der Waals surface area contributed by atoms with Crippen LogP contribution in [0.2, 0.25) is 0 Å². The van der Waals surface area contributed by atoms with Crippen molar-refractivity contribution in [3.63, 3.8) is 0 Å². The molecule has 22 heavy (non-hydrogen) atoms. The van der Waals surface area contributed by atoms with Crippen molar-refractivity contribution in [3.05, 3.63) is 18.0 Å². The van der Waals surface area contributed by atoms with Crippen LogP contribution in [0.3, 0.4) is 0 Å². The quantitative estimate of drug-likeness (QED) is 0.848. The molecule has 2 aliphatic heterocycles. The number of aryl methyl sites for hydroxylation is 1. The van der Waals surface area contributed by atoms with Crippen LogP contribution in [-0.2, 0) is 18.3 Å². The Hall–Kier alpha value is -0.910. The molecule has 2 aliphatic rings. The van der Waals surface area contributed by atoms with E-state index in [1.807, 2.05) is 17.9 Å². The molecule has 0 spiro atoms. The second-order valence-corrected chi connectivity index (χ2v) is 7.28. The van der Waals surface area contributed by atoms with Gasteiger partial charge < -0.3 is 4.74 Å². The van der Waals surface area contributed by atoms with Crippen LogP contribution in [-0.4, -0.2) is 64.5 Å². The first-order valence-corrected chi connectivity index (χ1v) is 8.58. The number of ether oxygens (including phenoxy) is 1. The molecular weight excluding hydrogens is 276 g/mol. The van der Waals surface area contributed by atoms with Gasteiger partial charge in [-0.3, -0.25) is 14.5 Å². The Balaban J connectivity index is 1.73. The minimum atomic E-state index is 0.409. The molecule has 124 valence electrons. The summed E-state index contributed by atoms with van der Waals surface area (Å²) in [5.74, 6) is 0.672. The highest BCUT2D eigenvalue weighted by molar-refractivity contribution is 5.05. The van der Waals surface area contributed by atoms with E-state index in [2.05, 4.69) is 42.0 Å². The summed E-state index contributed by atoms with van der Waals surface area (Å²) < 4.78 is 8.08. The number of rotatable bonds is 4. The van der Waals surface area contributed by atoms with Gasteiger partial charge in [-0.05, 0) is 39.7 Å². The molecule has 0 radical (unpaired) electrons. The second-order valence-electron chi connectivity index (χ2n) is 7.28. The Bertz CT molecular complexity index is 487. The molecule has 0 aromatic carbocycles. The van der Waals surface area contributed by atoms with Crippen molar-refractivity contribution in [3.8, 4) is 0 Å². The smallest absolute Gasteiger partial charge is 0.0782 e. The van der Waals surface area contributed by atoms with Gasteiger partial charge in [0.25, 0.3) is 0 Å². The van der Waals surface area contributed by atoms with Crippen LogP contribution >= 0.6 is 0 Å². The van der Waals surface area contributed by atoms with Gasteiger partial charge in [0.2, 0.25) is 0 Å². The molecule has 2 saturated heterocycles. The lowest BCUT2D eigenvalue weighted by molar-refractivity contribution is -0.116. The first kappa shape index (κ1) is 16.0. The maximum atomic E-state index is 6.18. The lowest BCUT2D eigenvalue weighted by atomic mass is 9.84. The molecule has 3 atom stereocenters. The molecule has 0 aliphatic carbocycles. The number of hydrogen-bond donors (Lipinski definition) is 0. The predicted molar refractivity (Wildman–Crippen MR) is 87.6 cm³/mol. The standard InChI is InChI=1S/C17H30N4O/c1-13(2)20(4)16-12-21(10-14-8-18-19(3)9-14)11-15-6-5-7-22-17(15)16/h8-9,13,15-17H,5-7,10-12H2,1-4H3/t15-,16+,17-/m0/s1. The molecule has 1 aromatic heterocycles. The number of likely N-dealkylation sites (N-methyl/N-ethyl adjacent to an activating group) is 1. The molecule has 5 nitrogen and oxygen atoms in total. The Labute approximate surface area is 134 Å². The molecular formula is C17H30N4O. The third-order valence-electron chi connectivity index (χ3n) is 5.31. The van der Waals surface area contributed by atoms with E-state index in [4.69, 9.17) is 4.74 Å². The first-order valence-electron chi connectivity index (χ1n) is 8.58. The van der Waals surface area contributed by atoms with E-state index in [1.54, 1.807) is 0 Å². The van der Waals surface area contributed by atoms with Gasteiger partial charge in [0.05, 0.1) is 12.3 Å². The maximum absolute atomic E-state index is 6.18. The highest BCUT2D eigenvalue weighted by atomic mass is 16.5. The number of fused-ring (bicyclic) bond motifs is 1. The topological polar surface area (TPSA) is 33.5 Å². The number of aromatic nitrogens is 2. The van der Waals surface area contributed by atoms with Crippen LogP contribution in [0.1, 0.15) is 32.3 Å². The zero-order chi connectivity index (χ0) is 15.7. The number of likely N-dealkylation sites (tertiary alicyclic amines) is 1. The van der Waals surface area contributed by atoms with Crippen LogP contribution in [0.15, 0.2) is 12.4 Å². The highest BCUT2D eigenvalue weighted by Gasteiger charge is 2.41. The van der Waals surface area contributed by atoms with E-state index in [-0.39, 0.29) is 0 Å². The molecule has 3 heterocycles. The molecule has 3 rings (SSSR count). The Morgan fingerprint density at radius 1 is 1.41 bits per heavy atom. The van der Waals surface area contributed by atoms with Gasteiger partial charge in [0.15, 0.2) is 0 Å². The maximum Gasteiger partial charge on any atom is 0.0782 e. The van der Waals surface area contributed by atoms with E-state index < -0.39 is 0 Å². The molecule has 2 fully saturated rings. The zero-order valence-corrected chi connectivity index (χ0v) is 14.4. The lowest BCUT2D eigenvalue weighted by Crippen LogP contribution is -2.61. The molecule has 1 aromatic rings. The van der Waals surface area contributed by atoms with Crippen LogP contribution in [0.25, 0.3) is 0 Å². The third kappa shape index (κ3) is 3.36. The number of nitrogens with zero attached hydrogens (tertiary/aromatic N) is 4. The van der Waals surface area contributed by atoms with Crippen LogP contribution < -0.4 is 0 Å². The second kappa shape index (κ2) is 6.69. The molecule has 0 bridgehead atoms. The van der Waals surface area contributed by atoms with Crippen LogP contribution in [0.4, 0.5) is 0 Å². The van der Waals surface area contributed by atoms with Crippen molar-refractivity contribution >= 4 is 0 Å². The summed E-state index contributed by atoms with van der Waals surface area (Å²) in [6, 6.07) is 1.05. The van der Waals surface area contributed by atoms with Crippen LogP contribution in [0.5, 0.6) is 0 Å². The van der Waals surface area contributed by atoms with Crippen LogP contribution in [0, 0.1) is 5.92 Å². The van der Waals surface area contributed by atoms with E-state index in [0.29, 0.717) is 24.1 Å². The summed E-state index contributed by atoms with van der Waals surface area (Å²) in [4.78, 5) is 5.09. The molecule has 0 unspecified atom stereocenters. The van der Waals surface area contributed by atoms with Gasteiger partial charge in [-0.25, -0.2) is 0 Å². The summed E-state index contributed by atoms with van der Waals surface area (Å²) >= 11 is 0. The van der Waals surface area contributed by atoms with E-state index in [9.17, 15) is 0 Å². The fraction of sp³-hybridized carbons (Fsp3) is 0.824. The molecule has 0 saturated carbocycles. The average Bonchev–Trinajstić information content (AvgIpc) is 2.90. The van der Waals surface area contributed by atoms with Crippen molar-refractivity contribution in [1.29, 1.82) is 0 Å². The van der Waals surface area contributed by atoms with Gasteiger partial charge in [0, 0.05) is 57.1 Å². The number of piperidine rings is 1. The summed E-state index contributed by atoms with van der Waals surface area (Å²) in [5.41, 5.74) is 1.31. The fourth-order valence-corrected chi connectivity index (χ4v) is 3.94. The lowest BCUT2D eigenvalue weighted by Gasteiger charge is -2.49. The van der Waals surface area contributed by atoms with Gasteiger partial charge in [0.1, 0.15) is 0 Å². The minimum Gasteiger partial charge on any atom is -0.376 e. The molecule has 5 heteroatoms. The monoisotopic (exact) mass is 306 g/mol. The van der Waals surface area contributed by atoms with Crippen molar-refractivity contribution in [2.75, 3.05) is 26.7 Å². The minimum absolute atomic E-state index is 0.409. The summed E-state index contributed by atoms with van der Waals surface area (Å²) in [5, 5.41) is 4.30. The molecule has 0 amide bonds. The number of hydrogen-bond acceptors (Lipinski definition) is 4. The third-order valence-corrected chi connectivity index (χ3v) is 5.31. The molecule has 0 N–H and O–H groups in total. The van der Waals surface area contributed by atoms with Gasteiger partial charge >= 0.3 is 0 Å². The largest absolute Gasteiger partial charge is 0.376 e. The summed E-state index contributed by atoms with van der Waals surface area (Å²) in [6.07, 6.45) is 7.04. The Morgan fingerprint density at radius 3 is 2.91 bits per heavy atom. The first-order chi connectivity index (χ1) is 10.5.